The standard InChI is InChI=1S/C20H22N2O8/c1-5-29-17-9-6-13(10-18(17)28-4)20(24)30-12(2)19(23)21-15-8-7-14(27-3)11-16(15)22(25)26/h6-12H,5H2,1-4H3,(H,21,23)/t12-/m1/s1. The molecule has 0 heterocycles. The van der Waals surface area contributed by atoms with E-state index in [-0.39, 0.29) is 22.7 Å². The van der Waals surface area contributed by atoms with Crippen LogP contribution in [0.1, 0.15) is 24.2 Å². The van der Waals surface area contributed by atoms with Gasteiger partial charge < -0.3 is 24.3 Å². The Labute approximate surface area is 172 Å². The summed E-state index contributed by atoms with van der Waals surface area (Å²) in [7, 11) is 2.81. The molecule has 0 unspecified atom stereocenters. The lowest BCUT2D eigenvalue weighted by atomic mass is 10.2. The molecule has 1 amide bonds. The van der Waals surface area contributed by atoms with Crippen molar-refractivity contribution in [3.8, 4) is 17.2 Å². The first-order chi connectivity index (χ1) is 14.3. The van der Waals surface area contributed by atoms with Crippen molar-refractivity contribution in [3.63, 3.8) is 0 Å². The van der Waals surface area contributed by atoms with Gasteiger partial charge in [-0.3, -0.25) is 14.9 Å². The molecule has 0 aliphatic heterocycles. The molecule has 2 rings (SSSR count). The zero-order chi connectivity index (χ0) is 22.3. The first-order valence-corrected chi connectivity index (χ1v) is 8.95. The molecule has 160 valence electrons. The van der Waals surface area contributed by atoms with Gasteiger partial charge in [-0.2, -0.15) is 0 Å². The molecule has 0 bridgehead atoms. The lowest BCUT2D eigenvalue weighted by Gasteiger charge is -2.15. The van der Waals surface area contributed by atoms with Crippen molar-refractivity contribution in [3.05, 3.63) is 52.1 Å². The monoisotopic (exact) mass is 418 g/mol. The van der Waals surface area contributed by atoms with Crippen molar-refractivity contribution in [2.24, 2.45) is 0 Å². The fraction of sp³-hybridized carbons (Fsp3) is 0.300. The van der Waals surface area contributed by atoms with Crippen LogP contribution in [0.5, 0.6) is 17.2 Å². The Morgan fingerprint density at radius 2 is 1.83 bits per heavy atom. The van der Waals surface area contributed by atoms with Gasteiger partial charge in [-0.25, -0.2) is 4.79 Å². The highest BCUT2D eigenvalue weighted by Gasteiger charge is 2.23. The fourth-order valence-corrected chi connectivity index (χ4v) is 2.48. The smallest absolute Gasteiger partial charge is 0.339 e. The quantitative estimate of drug-likeness (QED) is 0.374. The largest absolute Gasteiger partial charge is 0.496 e. The summed E-state index contributed by atoms with van der Waals surface area (Å²) < 4.78 is 20.7. The van der Waals surface area contributed by atoms with Crippen LogP contribution in [0.3, 0.4) is 0 Å². The minimum atomic E-state index is -1.21. The summed E-state index contributed by atoms with van der Waals surface area (Å²) in [6, 6.07) is 8.45. The summed E-state index contributed by atoms with van der Waals surface area (Å²) in [5.74, 6) is -0.409. The molecule has 2 aromatic rings. The Bertz CT molecular complexity index is 944. The van der Waals surface area contributed by atoms with Gasteiger partial charge in [0.05, 0.1) is 37.4 Å². The molecule has 0 saturated heterocycles. The minimum Gasteiger partial charge on any atom is -0.496 e. The van der Waals surface area contributed by atoms with Gasteiger partial charge in [0, 0.05) is 0 Å². The number of esters is 1. The Morgan fingerprint density at radius 3 is 2.43 bits per heavy atom. The van der Waals surface area contributed by atoms with E-state index in [1.807, 2.05) is 6.92 Å². The van der Waals surface area contributed by atoms with E-state index in [9.17, 15) is 19.7 Å². The number of anilines is 1. The van der Waals surface area contributed by atoms with Crippen molar-refractivity contribution in [2.75, 3.05) is 26.1 Å². The number of hydrogen-bond donors (Lipinski definition) is 1. The van der Waals surface area contributed by atoms with Crippen LogP contribution in [0.2, 0.25) is 0 Å². The van der Waals surface area contributed by atoms with Gasteiger partial charge in [0.1, 0.15) is 11.4 Å². The van der Waals surface area contributed by atoms with Crippen molar-refractivity contribution < 1.29 is 33.5 Å². The molecular weight excluding hydrogens is 396 g/mol. The van der Waals surface area contributed by atoms with Crippen molar-refractivity contribution in [1.82, 2.24) is 0 Å². The predicted octanol–water partition coefficient (Wildman–Crippen LogP) is 3.19. The number of nitro benzene ring substituents is 1. The number of amides is 1. The number of hydrogen-bond acceptors (Lipinski definition) is 8. The third-order valence-electron chi connectivity index (χ3n) is 4.01. The third kappa shape index (κ3) is 5.37. The van der Waals surface area contributed by atoms with E-state index in [2.05, 4.69) is 5.32 Å². The summed E-state index contributed by atoms with van der Waals surface area (Å²) in [6.45, 7) is 3.60. The van der Waals surface area contributed by atoms with Crippen LogP contribution in [-0.4, -0.2) is 43.7 Å². The predicted molar refractivity (Wildman–Crippen MR) is 107 cm³/mol. The molecule has 1 atom stereocenters. The Kier molecular flexibility index (Phi) is 7.56. The number of carbonyl (C=O) groups is 2. The maximum Gasteiger partial charge on any atom is 0.339 e. The summed E-state index contributed by atoms with van der Waals surface area (Å²) in [5.41, 5.74) is -0.237. The zero-order valence-corrected chi connectivity index (χ0v) is 17.0. The minimum absolute atomic E-state index is 0.0450. The number of nitro groups is 1. The summed E-state index contributed by atoms with van der Waals surface area (Å²) in [6.07, 6.45) is -1.21. The second-order valence-electron chi connectivity index (χ2n) is 5.98. The fourth-order valence-electron chi connectivity index (χ4n) is 2.48. The Morgan fingerprint density at radius 1 is 1.10 bits per heavy atom. The molecule has 30 heavy (non-hydrogen) atoms. The SMILES string of the molecule is CCOc1ccc(C(=O)O[C@H](C)C(=O)Nc2ccc(OC)cc2[N+](=O)[O-])cc1OC. The van der Waals surface area contributed by atoms with Crippen LogP contribution >= 0.6 is 0 Å². The van der Waals surface area contributed by atoms with Gasteiger partial charge in [-0.1, -0.05) is 0 Å². The lowest BCUT2D eigenvalue weighted by molar-refractivity contribution is -0.384. The van der Waals surface area contributed by atoms with Gasteiger partial charge >= 0.3 is 5.97 Å². The molecule has 0 spiro atoms. The first-order valence-electron chi connectivity index (χ1n) is 8.95. The van der Waals surface area contributed by atoms with Crippen LogP contribution < -0.4 is 19.5 Å². The molecule has 0 aromatic heterocycles. The second kappa shape index (κ2) is 10.1. The van der Waals surface area contributed by atoms with E-state index in [1.165, 1.54) is 51.5 Å². The van der Waals surface area contributed by atoms with Crippen LogP contribution in [0, 0.1) is 10.1 Å². The number of nitrogens with zero attached hydrogens (tertiary/aromatic N) is 1. The number of benzene rings is 2. The van der Waals surface area contributed by atoms with Gasteiger partial charge in [0.15, 0.2) is 17.6 Å². The lowest BCUT2D eigenvalue weighted by Crippen LogP contribution is -2.30. The topological polar surface area (TPSA) is 126 Å². The molecule has 10 nitrogen and oxygen atoms in total. The highest BCUT2D eigenvalue weighted by Crippen LogP contribution is 2.30. The maximum absolute atomic E-state index is 12.4. The number of rotatable bonds is 9. The molecule has 0 aliphatic carbocycles. The highest BCUT2D eigenvalue weighted by molar-refractivity contribution is 5.98. The van der Waals surface area contributed by atoms with E-state index in [1.54, 1.807) is 6.07 Å². The normalized spacial score (nSPS) is 11.2. The van der Waals surface area contributed by atoms with Crippen molar-refractivity contribution >= 4 is 23.3 Å². The number of carbonyl (C=O) groups excluding carboxylic acids is 2. The van der Waals surface area contributed by atoms with Crippen LogP contribution in [0.25, 0.3) is 0 Å². The zero-order valence-electron chi connectivity index (χ0n) is 17.0. The highest BCUT2D eigenvalue weighted by atomic mass is 16.6. The molecule has 0 aliphatic rings. The molecule has 10 heteroatoms. The van der Waals surface area contributed by atoms with E-state index in [0.29, 0.717) is 18.1 Å². The van der Waals surface area contributed by atoms with Gasteiger partial charge in [0.25, 0.3) is 11.6 Å². The summed E-state index contributed by atoms with van der Waals surface area (Å²) in [4.78, 5) is 35.3. The average Bonchev–Trinajstić information content (AvgIpc) is 2.74. The van der Waals surface area contributed by atoms with Crippen molar-refractivity contribution in [1.29, 1.82) is 0 Å². The first kappa shape index (κ1) is 22.5. The molecule has 0 fully saturated rings. The second-order valence-corrected chi connectivity index (χ2v) is 5.98. The molecule has 2 aromatic carbocycles. The Hall–Kier alpha value is -3.82. The van der Waals surface area contributed by atoms with Crippen LogP contribution in [0.4, 0.5) is 11.4 Å². The van der Waals surface area contributed by atoms with Crippen LogP contribution in [0.15, 0.2) is 36.4 Å². The summed E-state index contributed by atoms with van der Waals surface area (Å²) >= 11 is 0. The maximum atomic E-state index is 12.4. The third-order valence-corrected chi connectivity index (χ3v) is 4.01. The van der Waals surface area contributed by atoms with E-state index < -0.39 is 22.9 Å². The number of methoxy groups -OCH3 is 2. The van der Waals surface area contributed by atoms with E-state index >= 15 is 0 Å². The molecule has 1 N–H and O–H groups in total. The van der Waals surface area contributed by atoms with Gasteiger partial charge in [-0.15, -0.1) is 0 Å². The van der Waals surface area contributed by atoms with E-state index in [0.717, 1.165) is 0 Å². The molecule has 0 saturated carbocycles. The molecule has 0 radical (unpaired) electrons. The average molecular weight is 418 g/mol. The number of nitrogens with one attached hydrogen (secondary N) is 1. The van der Waals surface area contributed by atoms with Gasteiger partial charge in [0.2, 0.25) is 0 Å². The van der Waals surface area contributed by atoms with Crippen LogP contribution in [-0.2, 0) is 9.53 Å². The number of ether oxygens (including phenoxy) is 4. The van der Waals surface area contributed by atoms with E-state index in [4.69, 9.17) is 18.9 Å². The molecular formula is C20H22N2O8. The van der Waals surface area contributed by atoms with Crippen molar-refractivity contribution in [2.45, 2.75) is 20.0 Å². The van der Waals surface area contributed by atoms with Gasteiger partial charge in [-0.05, 0) is 44.2 Å². The Balaban J connectivity index is 2.11. The summed E-state index contributed by atoms with van der Waals surface area (Å²) in [5, 5.41) is 13.6.